The van der Waals surface area contributed by atoms with Gasteiger partial charge >= 0.3 is 5.69 Å². The lowest BCUT2D eigenvalue weighted by molar-refractivity contribution is 0.794. The van der Waals surface area contributed by atoms with E-state index in [1.165, 1.54) is 13.5 Å². The zero-order valence-electron chi connectivity index (χ0n) is 9.78. The highest BCUT2D eigenvalue weighted by Gasteiger charge is 2.01. The van der Waals surface area contributed by atoms with Gasteiger partial charge in [-0.05, 0) is 12.1 Å². The van der Waals surface area contributed by atoms with Gasteiger partial charge in [-0.1, -0.05) is 32.4 Å². The van der Waals surface area contributed by atoms with Gasteiger partial charge in [0.15, 0.2) is 0 Å². The van der Waals surface area contributed by atoms with Crippen LogP contribution in [0, 0.1) is 0 Å². The van der Waals surface area contributed by atoms with Crippen molar-refractivity contribution >= 4 is 10.9 Å². The lowest BCUT2D eigenvalue weighted by Gasteiger charge is -1.98. The van der Waals surface area contributed by atoms with Crippen LogP contribution in [0.1, 0.15) is 20.3 Å². The summed E-state index contributed by atoms with van der Waals surface area (Å²) in [6.07, 6.45) is 1.25. The van der Waals surface area contributed by atoms with Gasteiger partial charge in [0.1, 0.15) is 0 Å². The first kappa shape index (κ1) is 12.2. The van der Waals surface area contributed by atoms with E-state index in [2.05, 4.69) is 18.8 Å². The van der Waals surface area contributed by atoms with E-state index in [0.717, 1.165) is 4.57 Å². The molecule has 0 unspecified atom stereocenters. The van der Waals surface area contributed by atoms with Crippen molar-refractivity contribution in [2.45, 2.75) is 20.3 Å². The Morgan fingerprint density at radius 3 is 2.38 bits per heavy atom. The van der Waals surface area contributed by atoms with Crippen molar-refractivity contribution in [2.75, 3.05) is 0 Å². The third kappa shape index (κ3) is 2.39. The van der Waals surface area contributed by atoms with Crippen molar-refractivity contribution in [1.82, 2.24) is 9.55 Å². The second-order valence-electron chi connectivity index (χ2n) is 3.55. The van der Waals surface area contributed by atoms with Gasteiger partial charge in [0, 0.05) is 7.05 Å². The van der Waals surface area contributed by atoms with Crippen LogP contribution in [-0.2, 0) is 7.05 Å². The van der Waals surface area contributed by atoms with Crippen LogP contribution in [0.25, 0.3) is 10.9 Å². The zero-order valence-corrected chi connectivity index (χ0v) is 9.78. The quantitative estimate of drug-likeness (QED) is 0.733. The van der Waals surface area contributed by atoms with Crippen molar-refractivity contribution in [3.05, 3.63) is 45.1 Å². The fourth-order valence-electron chi connectivity index (χ4n) is 1.25. The number of aromatic amines is 1. The molecule has 0 saturated carbocycles. The summed E-state index contributed by atoms with van der Waals surface area (Å²) in [5.74, 6) is 0. The Bertz CT molecular complexity index is 581. The molecule has 16 heavy (non-hydrogen) atoms. The van der Waals surface area contributed by atoms with Crippen LogP contribution in [0.15, 0.2) is 33.9 Å². The maximum absolute atomic E-state index is 11.5. The molecule has 0 radical (unpaired) electrons. The first-order valence-corrected chi connectivity index (χ1v) is 5.29. The Morgan fingerprint density at radius 2 is 1.75 bits per heavy atom. The molecule has 0 spiro atoms. The Kier molecular flexibility index (Phi) is 4.05. The zero-order chi connectivity index (χ0) is 12.1. The number of fused-ring (bicyclic) bond motifs is 1. The molecule has 1 N–H and O–H groups in total. The summed E-state index contributed by atoms with van der Waals surface area (Å²) in [5.41, 5.74) is -0.0707. The SMILES string of the molecule is CCC.Cn1c(=O)[nH]c2ccccc2c1=O. The molecule has 2 aromatic rings. The van der Waals surface area contributed by atoms with E-state index >= 15 is 0 Å². The topological polar surface area (TPSA) is 54.9 Å². The Hall–Kier alpha value is -1.84. The molecule has 2 rings (SSSR count). The Morgan fingerprint density at radius 1 is 1.19 bits per heavy atom. The molecule has 1 aromatic carbocycles. The second kappa shape index (κ2) is 5.30. The number of aromatic nitrogens is 2. The number of para-hydroxylation sites is 1. The molecule has 1 heterocycles. The van der Waals surface area contributed by atoms with Gasteiger partial charge in [-0.25, -0.2) is 4.79 Å². The van der Waals surface area contributed by atoms with Crippen molar-refractivity contribution in [1.29, 1.82) is 0 Å². The molecule has 0 amide bonds. The van der Waals surface area contributed by atoms with E-state index in [4.69, 9.17) is 0 Å². The van der Waals surface area contributed by atoms with Gasteiger partial charge in [-0.15, -0.1) is 0 Å². The number of nitrogens with zero attached hydrogens (tertiary/aromatic N) is 1. The third-order valence-electron chi connectivity index (χ3n) is 2.01. The Labute approximate surface area is 93.6 Å². The highest BCUT2D eigenvalue weighted by atomic mass is 16.2. The van der Waals surface area contributed by atoms with Crippen LogP contribution in [-0.4, -0.2) is 9.55 Å². The van der Waals surface area contributed by atoms with Gasteiger partial charge in [0.25, 0.3) is 5.56 Å². The molecule has 0 aliphatic carbocycles. The van der Waals surface area contributed by atoms with E-state index in [1.807, 2.05) is 0 Å². The minimum atomic E-state index is -0.385. The molecule has 4 nitrogen and oxygen atoms in total. The number of nitrogens with one attached hydrogen (secondary N) is 1. The van der Waals surface area contributed by atoms with Gasteiger partial charge in [-0.3, -0.25) is 9.36 Å². The predicted molar refractivity (Wildman–Crippen MR) is 65.8 cm³/mol. The highest BCUT2D eigenvalue weighted by Crippen LogP contribution is 2.01. The first-order valence-electron chi connectivity index (χ1n) is 5.29. The number of rotatable bonds is 0. The number of H-pyrrole nitrogens is 1. The van der Waals surface area contributed by atoms with Crippen LogP contribution in [0.2, 0.25) is 0 Å². The van der Waals surface area contributed by atoms with Crippen molar-refractivity contribution in [3.8, 4) is 0 Å². The smallest absolute Gasteiger partial charge is 0.307 e. The third-order valence-corrected chi connectivity index (χ3v) is 2.01. The number of benzene rings is 1. The summed E-state index contributed by atoms with van der Waals surface area (Å²) in [5, 5.41) is 0.532. The maximum Gasteiger partial charge on any atom is 0.328 e. The van der Waals surface area contributed by atoms with Crippen LogP contribution in [0.3, 0.4) is 0 Å². The fourth-order valence-corrected chi connectivity index (χ4v) is 1.25. The first-order chi connectivity index (χ1) is 7.61. The van der Waals surface area contributed by atoms with E-state index in [9.17, 15) is 9.59 Å². The van der Waals surface area contributed by atoms with Gasteiger partial charge in [0.05, 0.1) is 10.9 Å². The molecule has 0 aliphatic rings. The molecule has 86 valence electrons. The molecule has 1 aromatic heterocycles. The molecular formula is C12H16N2O2. The minimum Gasteiger partial charge on any atom is -0.307 e. The molecular weight excluding hydrogens is 204 g/mol. The molecule has 0 atom stereocenters. The number of hydrogen-bond acceptors (Lipinski definition) is 2. The monoisotopic (exact) mass is 220 g/mol. The van der Waals surface area contributed by atoms with Crippen LogP contribution >= 0.6 is 0 Å². The largest absolute Gasteiger partial charge is 0.328 e. The fraction of sp³-hybridized carbons (Fsp3) is 0.333. The average Bonchev–Trinajstić information content (AvgIpc) is 2.27. The van der Waals surface area contributed by atoms with E-state index in [-0.39, 0.29) is 11.2 Å². The van der Waals surface area contributed by atoms with Crippen LogP contribution in [0.4, 0.5) is 0 Å². The number of hydrogen-bond donors (Lipinski definition) is 1. The molecule has 4 heteroatoms. The van der Waals surface area contributed by atoms with E-state index in [0.29, 0.717) is 10.9 Å². The minimum absolute atomic E-state index is 0.264. The van der Waals surface area contributed by atoms with Crippen molar-refractivity contribution in [2.24, 2.45) is 7.05 Å². The summed E-state index contributed by atoms with van der Waals surface area (Å²) in [4.78, 5) is 25.3. The molecule has 0 aliphatic heterocycles. The van der Waals surface area contributed by atoms with Crippen LogP contribution in [0.5, 0.6) is 0 Å². The van der Waals surface area contributed by atoms with E-state index in [1.54, 1.807) is 24.3 Å². The highest BCUT2D eigenvalue weighted by molar-refractivity contribution is 5.76. The Balaban J connectivity index is 0.000000386. The second-order valence-corrected chi connectivity index (χ2v) is 3.55. The summed E-state index contributed by atoms with van der Waals surface area (Å²) < 4.78 is 1.06. The summed E-state index contributed by atoms with van der Waals surface area (Å²) in [6.45, 7) is 4.25. The molecule has 0 fully saturated rings. The lowest BCUT2D eigenvalue weighted by atomic mass is 10.2. The van der Waals surface area contributed by atoms with E-state index < -0.39 is 0 Å². The molecule has 0 saturated heterocycles. The van der Waals surface area contributed by atoms with Gasteiger partial charge in [-0.2, -0.15) is 0 Å². The lowest BCUT2D eigenvalue weighted by Crippen LogP contribution is -2.32. The maximum atomic E-state index is 11.5. The normalized spacial score (nSPS) is 9.69. The molecule has 0 bridgehead atoms. The van der Waals surface area contributed by atoms with Gasteiger partial charge in [0.2, 0.25) is 0 Å². The average molecular weight is 220 g/mol. The predicted octanol–water partition coefficient (Wildman–Crippen LogP) is 1.64. The standard InChI is InChI=1S/C9H8N2O2.C3H8/c1-11-8(12)6-4-2-3-5-7(6)10-9(11)13;1-3-2/h2-5H,1H3,(H,10,13);3H2,1-2H3. The van der Waals surface area contributed by atoms with Gasteiger partial charge < -0.3 is 4.98 Å². The summed E-state index contributed by atoms with van der Waals surface area (Å²) in [7, 11) is 1.45. The summed E-state index contributed by atoms with van der Waals surface area (Å²) >= 11 is 0. The van der Waals surface area contributed by atoms with Crippen molar-refractivity contribution in [3.63, 3.8) is 0 Å². The summed E-state index contributed by atoms with van der Waals surface area (Å²) in [6, 6.07) is 6.94. The van der Waals surface area contributed by atoms with Crippen molar-refractivity contribution < 1.29 is 0 Å². The van der Waals surface area contributed by atoms with Crippen LogP contribution < -0.4 is 11.2 Å².